The van der Waals surface area contributed by atoms with E-state index in [0.29, 0.717) is 0 Å². The molecule has 0 unspecified atom stereocenters. The summed E-state index contributed by atoms with van der Waals surface area (Å²) in [6.45, 7) is 6.71. The van der Waals surface area contributed by atoms with Gasteiger partial charge in [0.25, 0.3) is 0 Å². The smallest absolute Gasteiger partial charge is 0.221 e. The van der Waals surface area contributed by atoms with Gasteiger partial charge in [-0.25, -0.2) is 0 Å². The van der Waals surface area contributed by atoms with E-state index in [0.717, 1.165) is 23.5 Å². The van der Waals surface area contributed by atoms with E-state index >= 15 is 0 Å². The van der Waals surface area contributed by atoms with Crippen LogP contribution < -0.4 is 5.73 Å². The molecule has 0 aliphatic rings. The van der Waals surface area contributed by atoms with E-state index < -0.39 is 0 Å². The van der Waals surface area contributed by atoms with E-state index in [9.17, 15) is 4.79 Å². The summed E-state index contributed by atoms with van der Waals surface area (Å²) in [5, 5.41) is 4.29. The van der Waals surface area contributed by atoms with Gasteiger partial charge in [0, 0.05) is 17.8 Å². The van der Waals surface area contributed by atoms with Crippen molar-refractivity contribution < 1.29 is 4.79 Å². The monoisotopic (exact) mass is 181 g/mol. The Morgan fingerprint density at radius 1 is 1.54 bits per heavy atom. The Morgan fingerprint density at radius 2 is 2.15 bits per heavy atom. The maximum absolute atomic E-state index is 10.8. The van der Waals surface area contributed by atoms with E-state index in [4.69, 9.17) is 5.73 Å². The molecule has 0 spiro atoms. The maximum atomic E-state index is 10.8. The molecule has 1 amide bonds. The molecule has 0 saturated carbocycles. The van der Waals surface area contributed by atoms with Crippen molar-refractivity contribution in [1.82, 2.24) is 9.78 Å². The lowest BCUT2D eigenvalue weighted by Gasteiger charge is -1.99. The Labute approximate surface area is 77.7 Å². The molecule has 0 fully saturated rings. The van der Waals surface area contributed by atoms with Crippen LogP contribution in [-0.4, -0.2) is 15.7 Å². The summed E-state index contributed by atoms with van der Waals surface area (Å²) in [6.07, 6.45) is 0.289. The second-order valence-electron chi connectivity index (χ2n) is 3.11. The molecule has 13 heavy (non-hydrogen) atoms. The van der Waals surface area contributed by atoms with E-state index in [2.05, 4.69) is 5.10 Å². The minimum atomic E-state index is -0.304. The highest BCUT2D eigenvalue weighted by molar-refractivity contribution is 5.77. The molecule has 1 rings (SSSR count). The maximum Gasteiger partial charge on any atom is 0.221 e. The highest BCUT2D eigenvalue weighted by atomic mass is 16.1. The summed E-state index contributed by atoms with van der Waals surface area (Å²) in [5.74, 6) is -0.304. The number of aromatic nitrogens is 2. The van der Waals surface area contributed by atoms with E-state index in [-0.39, 0.29) is 12.3 Å². The van der Waals surface area contributed by atoms with E-state index in [1.54, 1.807) is 0 Å². The molecule has 0 aliphatic heterocycles. The first-order valence-electron chi connectivity index (χ1n) is 4.37. The highest BCUT2D eigenvalue weighted by Gasteiger charge is 2.11. The lowest BCUT2D eigenvalue weighted by atomic mass is 10.1. The molecular weight excluding hydrogens is 166 g/mol. The number of aryl methyl sites for hydroxylation is 2. The zero-order valence-electron chi connectivity index (χ0n) is 8.29. The predicted molar refractivity (Wildman–Crippen MR) is 50.3 cm³/mol. The van der Waals surface area contributed by atoms with Crippen molar-refractivity contribution in [3.8, 4) is 0 Å². The van der Waals surface area contributed by atoms with Crippen molar-refractivity contribution >= 4 is 5.91 Å². The number of nitrogens with zero attached hydrogens (tertiary/aromatic N) is 2. The van der Waals surface area contributed by atoms with Gasteiger partial charge in [0.15, 0.2) is 0 Å². The Bertz CT molecular complexity index is 328. The molecule has 72 valence electrons. The largest absolute Gasteiger partial charge is 0.369 e. The van der Waals surface area contributed by atoms with Crippen LogP contribution >= 0.6 is 0 Å². The van der Waals surface area contributed by atoms with E-state index in [1.807, 2.05) is 25.5 Å². The fraction of sp³-hybridized carbons (Fsp3) is 0.556. The molecule has 0 radical (unpaired) electrons. The van der Waals surface area contributed by atoms with Crippen LogP contribution in [0.4, 0.5) is 0 Å². The number of nitrogens with two attached hydrogens (primary N) is 1. The third-order valence-electron chi connectivity index (χ3n) is 2.18. The van der Waals surface area contributed by atoms with Crippen molar-refractivity contribution in [3.63, 3.8) is 0 Å². The summed E-state index contributed by atoms with van der Waals surface area (Å²) in [5.41, 5.74) is 8.05. The van der Waals surface area contributed by atoms with Gasteiger partial charge in [-0.2, -0.15) is 5.10 Å². The normalized spacial score (nSPS) is 10.4. The first-order chi connectivity index (χ1) is 6.06. The van der Waals surface area contributed by atoms with Crippen LogP contribution in [0.5, 0.6) is 0 Å². The highest BCUT2D eigenvalue weighted by Crippen LogP contribution is 2.12. The van der Waals surface area contributed by atoms with Gasteiger partial charge in [0.1, 0.15) is 0 Å². The molecule has 0 bridgehead atoms. The lowest BCUT2D eigenvalue weighted by molar-refractivity contribution is -0.117. The zero-order chi connectivity index (χ0) is 10.0. The average molecular weight is 181 g/mol. The van der Waals surface area contributed by atoms with Crippen molar-refractivity contribution in [3.05, 3.63) is 17.0 Å². The molecule has 4 nitrogen and oxygen atoms in total. The van der Waals surface area contributed by atoms with Gasteiger partial charge in [-0.05, 0) is 20.8 Å². The standard InChI is InChI=1S/C9H15N3O/c1-4-12-7(3)8(5-9(10)13)6(2)11-12/h4-5H2,1-3H3,(H2,10,13). The second-order valence-corrected chi connectivity index (χ2v) is 3.11. The van der Waals surface area contributed by atoms with Gasteiger partial charge in [-0.15, -0.1) is 0 Å². The average Bonchev–Trinajstić information content (AvgIpc) is 2.31. The second kappa shape index (κ2) is 3.60. The number of hydrogen-bond donors (Lipinski definition) is 1. The predicted octanol–water partition coefficient (Wildman–Crippen LogP) is 0.548. The van der Waals surface area contributed by atoms with Crippen LogP contribution in [0.15, 0.2) is 0 Å². The fourth-order valence-electron chi connectivity index (χ4n) is 1.47. The third-order valence-corrected chi connectivity index (χ3v) is 2.18. The number of rotatable bonds is 3. The number of primary amides is 1. The zero-order valence-corrected chi connectivity index (χ0v) is 8.29. The minimum absolute atomic E-state index is 0.289. The minimum Gasteiger partial charge on any atom is -0.369 e. The van der Waals surface area contributed by atoms with Crippen LogP contribution in [0.25, 0.3) is 0 Å². The lowest BCUT2D eigenvalue weighted by Crippen LogP contribution is -2.14. The molecule has 1 heterocycles. The van der Waals surface area contributed by atoms with Crippen LogP contribution in [0.3, 0.4) is 0 Å². The molecular formula is C9H15N3O. The molecule has 4 heteroatoms. The van der Waals surface area contributed by atoms with Gasteiger partial charge >= 0.3 is 0 Å². The summed E-state index contributed by atoms with van der Waals surface area (Å²) >= 11 is 0. The molecule has 0 atom stereocenters. The number of carbonyl (C=O) groups excluding carboxylic acids is 1. The number of amides is 1. The SMILES string of the molecule is CCn1nc(C)c(CC(N)=O)c1C. The van der Waals surface area contributed by atoms with Crippen LogP contribution in [0, 0.1) is 13.8 Å². The molecule has 1 aromatic rings. The van der Waals surface area contributed by atoms with Crippen LogP contribution in [0.1, 0.15) is 23.9 Å². The first kappa shape index (κ1) is 9.77. The summed E-state index contributed by atoms with van der Waals surface area (Å²) < 4.78 is 1.88. The van der Waals surface area contributed by atoms with Gasteiger partial charge in [0.05, 0.1) is 12.1 Å². The Morgan fingerprint density at radius 3 is 2.54 bits per heavy atom. The molecule has 1 aromatic heterocycles. The molecule has 2 N–H and O–H groups in total. The van der Waals surface area contributed by atoms with Crippen LogP contribution in [-0.2, 0) is 17.8 Å². The molecule has 0 aromatic carbocycles. The third kappa shape index (κ3) is 1.88. The number of hydrogen-bond acceptors (Lipinski definition) is 2. The fourth-order valence-corrected chi connectivity index (χ4v) is 1.47. The number of carbonyl (C=O) groups is 1. The summed E-state index contributed by atoms with van der Waals surface area (Å²) in [4.78, 5) is 10.8. The van der Waals surface area contributed by atoms with Crippen molar-refractivity contribution in [2.24, 2.45) is 5.73 Å². The summed E-state index contributed by atoms with van der Waals surface area (Å²) in [7, 11) is 0. The molecule has 0 saturated heterocycles. The Balaban J connectivity index is 3.05. The van der Waals surface area contributed by atoms with Gasteiger partial charge in [-0.1, -0.05) is 0 Å². The van der Waals surface area contributed by atoms with Crippen LogP contribution in [0.2, 0.25) is 0 Å². The van der Waals surface area contributed by atoms with Crippen molar-refractivity contribution in [2.45, 2.75) is 33.7 Å². The molecule has 0 aliphatic carbocycles. The quantitative estimate of drug-likeness (QED) is 0.740. The Kier molecular flexibility index (Phi) is 2.70. The summed E-state index contributed by atoms with van der Waals surface area (Å²) in [6, 6.07) is 0. The van der Waals surface area contributed by atoms with Crippen molar-refractivity contribution in [2.75, 3.05) is 0 Å². The van der Waals surface area contributed by atoms with Crippen molar-refractivity contribution in [1.29, 1.82) is 0 Å². The Hall–Kier alpha value is -1.32. The van der Waals surface area contributed by atoms with Gasteiger partial charge in [-0.3, -0.25) is 9.48 Å². The van der Waals surface area contributed by atoms with Gasteiger partial charge in [0.2, 0.25) is 5.91 Å². The first-order valence-corrected chi connectivity index (χ1v) is 4.37. The van der Waals surface area contributed by atoms with Gasteiger partial charge < -0.3 is 5.73 Å². The van der Waals surface area contributed by atoms with E-state index in [1.165, 1.54) is 0 Å². The topological polar surface area (TPSA) is 60.9 Å².